The molecule has 1 saturated heterocycles. The van der Waals surface area contributed by atoms with Crippen LogP contribution < -0.4 is 5.32 Å². The summed E-state index contributed by atoms with van der Waals surface area (Å²) in [6.45, 7) is 5.08. The number of carbonyl (C=O) groups is 3. The number of amides is 2. The summed E-state index contributed by atoms with van der Waals surface area (Å²) < 4.78 is 5.77. The van der Waals surface area contributed by atoms with Crippen molar-refractivity contribution in [3.63, 3.8) is 0 Å². The van der Waals surface area contributed by atoms with E-state index in [4.69, 9.17) is 4.42 Å². The summed E-state index contributed by atoms with van der Waals surface area (Å²) in [5.74, 6) is 0.741. The largest absolute Gasteiger partial charge is 0.455 e. The molecule has 1 aliphatic carbocycles. The van der Waals surface area contributed by atoms with Gasteiger partial charge in [-0.3, -0.25) is 14.4 Å². The van der Waals surface area contributed by atoms with Gasteiger partial charge in [0.05, 0.1) is 11.5 Å². The number of aryl methyl sites for hydroxylation is 1. The lowest BCUT2D eigenvalue weighted by molar-refractivity contribution is -0.134. The summed E-state index contributed by atoms with van der Waals surface area (Å²) in [7, 11) is 0. The Kier molecular flexibility index (Phi) is 6.25. The molecule has 0 saturated carbocycles. The maximum Gasteiger partial charge on any atom is 0.287 e. The highest BCUT2D eigenvalue weighted by atomic mass is 16.4. The first kappa shape index (κ1) is 21.3. The van der Waals surface area contributed by atoms with Gasteiger partial charge in [0, 0.05) is 37.5 Å². The van der Waals surface area contributed by atoms with E-state index >= 15 is 0 Å². The zero-order chi connectivity index (χ0) is 22.0. The number of hydrogen-bond donors (Lipinski definition) is 1. The molecule has 31 heavy (non-hydrogen) atoms. The number of hydrogen-bond acceptors (Lipinski definition) is 4. The number of benzene rings is 1. The first-order valence-corrected chi connectivity index (χ1v) is 11.3. The van der Waals surface area contributed by atoms with E-state index < -0.39 is 0 Å². The van der Waals surface area contributed by atoms with Crippen LogP contribution in [0.2, 0.25) is 0 Å². The fraction of sp³-hybridized carbons (Fsp3) is 0.480. The van der Waals surface area contributed by atoms with Gasteiger partial charge in [-0.1, -0.05) is 37.3 Å². The summed E-state index contributed by atoms with van der Waals surface area (Å²) in [4.78, 5) is 40.0. The molecular formula is C25H30N2O4. The Morgan fingerprint density at radius 2 is 1.87 bits per heavy atom. The van der Waals surface area contributed by atoms with Gasteiger partial charge in [0.25, 0.3) is 5.91 Å². The third-order valence-corrected chi connectivity index (χ3v) is 6.56. The Morgan fingerprint density at radius 3 is 2.52 bits per heavy atom. The quantitative estimate of drug-likeness (QED) is 0.789. The molecule has 6 heteroatoms. The van der Waals surface area contributed by atoms with Crippen molar-refractivity contribution in [2.75, 3.05) is 13.1 Å². The van der Waals surface area contributed by atoms with E-state index in [0.717, 1.165) is 18.4 Å². The first-order chi connectivity index (χ1) is 15.0. The molecule has 0 radical (unpaired) electrons. The van der Waals surface area contributed by atoms with Crippen molar-refractivity contribution in [3.8, 4) is 0 Å². The molecule has 1 N–H and O–H groups in total. The second kappa shape index (κ2) is 9.08. The van der Waals surface area contributed by atoms with E-state index in [2.05, 4.69) is 5.32 Å². The summed E-state index contributed by atoms with van der Waals surface area (Å²) in [5.41, 5.74) is 2.30. The Morgan fingerprint density at radius 1 is 1.16 bits per heavy atom. The minimum atomic E-state index is -0.264. The minimum absolute atomic E-state index is 0.00872. The highest BCUT2D eigenvalue weighted by molar-refractivity contribution is 6.03. The number of Topliss-reactive ketones (excluding diaryl/α,β-unsaturated/α-hetero) is 1. The van der Waals surface area contributed by atoms with E-state index in [0.29, 0.717) is 55.7 Å². The maximum absolute atomic E-state index is 13.1. The zero-order valence-corrected chi connectivity index (χ0v) is 18.3. The lowest BCUT2D eigenvalue weighted by Crippen LogP contribution is -2.47. The molecule has 6 nitrogen and oxygen atoms in total. The molecule has 1 aromatic carbocycles. The number of piperidine rings is 1. The highest BCUT2D eigenvalue weighted by Crippen LogP contribution is 2.30. The molecule has 1 fully saturated rings. The molecule has 2 heterocycles. The van der Waals surface area contributed by atoms with Crippen LogP contribution in [0.15, 0.2) is 34.7 Å². The molecule has 164 valence electrons. The average Bonchev–Trinajstić information content (AvgIpc) is 3.13. The van der Waals surface area contributed by atoms with Crippen LogP contribution in [0, 0.1) is 6.92 Å². The number of likely N-dealkylation sites (tertiary alicyclic amines) is 1. The van der Waals surface area contributed by atoms with E-state index in [1.807, 2.05) is 42.2 Å². The smallest absolute Gasteiger partial charge is 0.287 e. The Balaban J connectivity index is 1.36. The van der Waals surface area contributed by atoms with Gasteiger partial charge in [0.1, 0.15) is 5.76 Å². The number of carbonyl (C=O) groups excluding carboxylic acids is 3. The van der Waals surface area contributed by atoms with Gasteiger partial charge in [-0.2, -0.15) is 0 Å². The standard InChI is InChI=1S/C25H30N2O4/c1-3-19(17-8-5-4-6-9-17)25(30)27-14-12-18(13-15-27)26-24(29)23-16(2)22-20(28)10-7-11-21(22)31-23/h4-6,8-9,18-19H,3,7,10-15H2,1-2H3,(H,26,29). The van der Waals surface area contributed by atoms with E-state index in [1.54, 1.807) is 6.92 Å². The molecule has 2 aliphatic rings. The average molecular weight is 423 g/mol. The molecule has 2 amide bonds. The fourth-order valence-corrected chi connectivity index (χ4v) is 4.82. The molecule has 1 aliphatic heterocycles. The fourth-order valence-electron chi connectivity index (χ4n) is 4.82. The van der Waals surface area contributed by atoms with E-state index in [9.17, 15) is 14.4 Å². The van der Waals surface area contributed by atoms with E-state index in [-0.39, 0.29) is 35.3 Å². The third kappa shape index (κ3) is 4.29. The number of nitrogens with zero attached hydrogens (tertiary/aromatic N) is 1. The van der Waals surface area contributed by atoms with Crippen molar-refractivity contribution in [2.24, 2.45) is 0 Å². The van der Waals surface area contributed by atoms with Gasteiger partial charge in [-0.15, -0.1) is 0 Å². The normalized spacial score (nSPS) is 17.9. The van der Waals surface area contributed by atoms with Gasteiger partial charge in [0.2, 0.25) is 5.91 Å². The maximum atomic E-state index is 13.1. The Labute approximate surface area is 183 Å². The molecule has 1 aromatic heterocycles. The summed E-state index contributed by atoms with van der Waals surface area (Å²) >= 11 is 0. The number of nitrogens with one attached hydrogen (secondary N) is 1. The minimum Gasteiger partial charge on any atom is -0.455 e. The Bertz CT molecular complexity index is 971. The third-order valence-electron chi connectivity index (χ3n) is 6.56. The predicted octanol–water partition coefficient (Wildman–Crippen LogP) is 4.02. The molecule has 0 bridgehead atoms. The number of ketones is 1. The number of rotatable bonds is 5. The van der Waals surface area contributed by atoms with Crippen molar-refractivity contribution >= 4 is 17.6 Å². The molecular weight excluding hydrogens is 392 g/mol. The molecule has 1 unspecified atom stereocenters. The van der Waals surface area contributed by atoms with Crippen molar-refractivity contribution in [1.82, 2.24) is 10.2 Å². The predicted molar refractivity (Wildman–Crippen MR) is 117 cm³/mol. The van der Waals surface area contributed by atoms with Crippen molar-refractivity contribution in [3.05, 3.63) is 58.5 Å². The molecule has 1 atom stereocenters. The first-order valence-electron chi connectivity index (χ1n) is 11.3. The zero-order valence-electron chi connectivity index (χ0n) is 18.3. The second-order valence-electron chi connectivity index (χ2n) is 8.58. The van der Waals surface area contributed by atoms with Crippen molar-refractivity contribution < 1.29 is 18.8 Å². The van der Waals surface area contributed by atoms with Gasteiger partial charge in [-0.05, 0) is 38.2 Å². The van der Waals surface area contributed by atoms with Crippen LogP contribution >= 0.6 is 0 Å². The monoisotopic (exact) mass is 422 g/mol. The van der Waals surface area contributed by atoms with Gasteiger partial charge in [0.15, 0.2) is 11.5 Å². The molecule has 4 rings (SSSR count). The van der Waals surface area contributed by atoms with Crippen LogP contribution in [0.3, 0.4) is 0 Å². The van der Waals surface area contributed by atoms with Crippen LogP contribution in [-0.4, -0.2) is 41.6 Å². The summed E-state index contributed by atoms with van der Waals surface area (Å²) in [6, 6.07) is 9.90. The van der Waals surface area contributed by atoms with Crippen LogP contribution in [-0.2, 0) is 11.2 Å². The SMILES string of the molecule is CCC(C(=O)N1CCC(NC(=O)c2oc3c(c2C)C(=O)CCC3)CC1)c1ccccc1. The summed E-state index contributed by atoms with van der Waals surface area (Å²) in [5, 5.41) is 3.05. The van der Waals surface area contributed by atoms with Gasteiger partial charge >= 0.3 is 0 Å². The van der Waals surface area contributed by atoms with Crippen LogP contribution in [0.5, 0.6) is 0 Å². The van der Waals surface area contributed by atoms with Crippen LogP contribution in [0.1, 0.15) is 82.7 Å². The number of furan rings is 1. The Hall–Kier alpha value is -2.89. The van der Waals surface area contributed by atoms with E-state index in [1.165, 1.54) is 0 Å². The van der Waals surface area contributed by atoms with Gasteiger partial charge in [-0.25, -0.2) is 0 Å². The molecule has 2 aromatic rings. The topological polar surface area (TPSA) is 79.6 Å². The van der Waals surface area contributed by atoms with Gasteiger partial charge < -0.3 is 14.6 Å². The van der Waals surface area contributed by atoms with Crippen LogP contribution in [0.25, 0.3) is 0 Å². The van der Waals surface area contributed by atoms with Crippen LogP contribution in [0.4, 0.5) is 0 Å². The van der Waals surface area contributed by atoms with Crippen molar-refractivity contribution in [2.45, 2.75) is 64.3 Å². The lowest BCUT2D eigenvalue weighted by atomic mass is 9.93. The summed E-state index contributed by atoms with van der Waals surface area (Å²) in [6.07, 6.45) is 4.18. The number of fused-ring (bicyclic) bond motifs is 1. The lowest BCUT2D eigenvalue weighted by Gasteiger charge is -2.34. The van der Waals surface area contributed by atoms with Crippen molar-refractivity contribution in [1.29, 1.82) is 0 Å². The highest BCUT2D eigenvalue weighted by Gasteiger charge is 2.32. The second-order valence-corrected chi connectivity index (χ2v) is 8.58. The molecule has 0 spiro atoms.